The zero-order valence-electron chi connectivity index (χ0n) is 7.71. The average molecular weight is 218 g/mol. The summed E-state index contributed by atoms with van der Waals surface area (Å²) in [6.45, 7) is -0.306. The van der Waals surface area contributed by atoms with Gasteiger partial charge in [0.05, 0.1) is 12.2 Å². The molecule has 0 fully saturated rings. The van der Waals surface area contributed by atoms with E-state index in [1.54, 1.807) is 0 Å². The summed E-state index contributed by atoms with van der Waals surface area (Å²) in [5.41, 5.74) is -0.611. The summed E-state index contributed by atoms with van der Waals surface area (Å²) >= 11 is 0. The lowest BCUT2D eigenvalue weighted by Crippen LogP contribution is -2.06. The standard InChI is InChI=1S/C10H9F3O2/c11-10(12,13)8-3-1-7(2-4-8)9(15)5-6-14/h1-4,14H,5-6H2. The molecule has 1 aromatic carbocycles. The highest BCUT2D eigenvalue weighted by Crippen LogP contribution is 2.29. The summed E-state index contributed by atoms with van der Waals surface area (Å²) in [7, 11) is 0. The molecular formula is C10H9F3O2. The molecule has 1 aromatic rings. The molecule has 0 aliphatic rings. The Morgan fingerprint density at radius 1 is 1.20 bits per heavy atom. The SMILES string of the molecule is O=C(CCO)c1ccc(C(F)(F)F)cc1. The number of hydrogen-bond donors (Lipinski definition) is 1. The van der Waals surface area contributed by atoms with Crippen molar-refractivity contribution in [2.75, 3.05) is 6.61 Å². The van der Waals surface area contributed by atoms with E-state index in [1.807, 2.05) is 0 Å². The van der Waals surface area contributed by atoms with Crippen LogP contribution in [0.5, 0.6) is 0 Å². The van der Waals surface area contributed by atoms with Crippen LogP contribution in [0.1, 0.15) is 22.3 Å². The van der Waals surface area contributed by atoms with Gasteiger partial charge in [-0.25, -0.2) is 0 Å². The van der Waals surface area contributed by atoms with Crippen LogP contribution in [0, 0.1) is 0 Å². The molecule has 82 valence electrons. The number of aliphatic hydroxyl groups is 1. The zero-order chi connectivity index (χ0) is 11.5. The smallest absolute Gasteiger partial charge is 0.396 e. The van der Waals surface area contributed by atoms with Gasteiger partial charge >= 0.3 is 6.18 Å². The summed E-state index contributed by atoms with van der Waals surface area (Å²) in [5, 5.41) is 8.48. The topological polar surface area (TPSA) is 37.3 Å². The van der Waals surface area contributed by atoms with Crippen molar-refractivity contribution < 1.29 is 23.1 Å². The number of aliphatic hydroxyl groups excluding tert-OH is 1. The van der Waals surface area contributed by atoms with E-state index in [-0.39, 0.29) is 24.4 Å². The number of hydrogen-bond acceptors (Lipinski definition) is 2. The first-order chi connectivity index (χ1) is 6.95. The fourth-order valence-corrected chi connectivity index (χ4v) is 1.09. The highest BCUT2D eigenvalue weighted by atomic mass is 19.4. The highest BCUT2D eigenvalue weighted by molar-refractivity contribution is 5.96. The van der Waals surface area contributed by atoms with Crippen molar-refractivity contribution >= 4 is 5.78 Å². The van der Waals surface area contributed by atoms with E-state index >= 15 is 0 Å². The number of carbonyl (C=O) groups is 1. The van der Waals surface area contributed by atoms with E-state index in [2.05, 4.69) is 0 Å². The predicted octanol–water partition coefficient (Wildman–Crippen LogP) is 2.27. The second-order valence-electron chi connectivity index (χ2n) is 2.97. The third kappa shape index (κ3) is 3.06. The fourth-order valence-electron chi connectivity index (χ4n) is 1.09. The van der Waals surface area contributed by atoms with Gasteiger partial charge in [0, 0.05) is 12.0 Å². The lowest BCUT2D eigenvalue weighted by Gasteiger charge is -2.06. The Hall–Kier alpha value is -1.36. The van der Waals surface area contributed by atoms with Gasteiger partial charge in [-0.15, -0.1) is 0 Å². The minimum Gasteiger partial charge on any atom is -0.396 e. The maximum atomic E-state index is 12.1. The highest BCUT2D eigenvalue weighted by Gasteiger charge is 2.30. The number of halogens is 3. The first kappa shape index (κ1) is 11.7. The monoisotopic (exact) mass is 218 g/mol. The Morgan fingerprint density at radius 2 is 1.73 bits per heavy atom. The summed E-state index contributed by atoms with van der Waals surface area (Å²) < 4.78 is 36.4. The molecular weight excluding hydrogens is 209 g/mol. The Kier molecular flexibility index (Phi) is 3.47. The molecule has 0 bridgehead atoms. The molecule has 0 amide bonds. The molecule has 0 aromatic heterocycles. The lowest BCUT2D eigenvalue weighted by atomic mass is 10.1. The number of carbonyl (C=O) groups excluding carboxylic acids is 1. The molecule has 1 N–H and O–H groups in total. The normalized spacial score (nSPS) is 11.5. The number of alkyl halides is 3. The maximum Gasteiger partial charge on any atom is 0.416 e. The summed E-state index contributed by atoms with van der Waals surface area (Å²) in [6, 6.07) is 3.93. The predicted molar refractivity (Wildman–Crippen MR) is 47.5 cm³/mol. The van der Waals surface area contributed by atoms with Gasteiger partial charge < -0.3 is 5.11 Å². The maximum absolute atomic E-state index is 12.1. The second kappa shape index (κ2) is 4.44. The van der Waals surface area contributed by atoms with E-state index in [0.29, 0.717) is 0 Å². The molecule has 0 radical (unpaired) electrons. The van der Waals surface area contributed by atoms with Crippen LogP contribution in [0.4, 0.5) is 13.2 Å². The van der Waals surface area contributed by atoms with Crippen molar-refractivity contribution in [2.45, 2.75) is 12.6 Å². The summed E-state index contributed by atoms with van der Waals surface area (Å²) in [5.74, 6) is -0.369. The first-order valence-corrected chi connectivity index (χ1v) is 4.26. The summed E-state index contributed by atoms with van der Waals surface area (Å²) in [4.78, 5) is 11.2. The minimum atomic E-state index is -4.39. The van der Waals surface area contributed by atoms with E-state index in [4.69, 9.17) is 5.11 Å². The van der Waals surface area contributed by atoms with Crippen molar-refractivity contribution in [2.24, 2.45) is 0 Å². The molecule has 1 rings (SSSR count). The van der Waals surface area contributed by atoms with Crippen molar-refractivity contribution in [3.05, 3.63) is 35.4 Å². The van der Waals surface area contributed by atoms with E-state index < -0.39 is 11.7 Å². The Labute approximate surface area is 84.3 Å². The molecule has 5 heteroatoms. The molecule has 0 atom stereocenters. The zero-order valence-corrected chi connectivity index (χ0v) is 7.71. The van der Waals surface area contributed by atoms with Crippen molar-refractivity contribution in [1.29, 1.82) is 0 Å². The third-order valence-electron chi connectivity index (χ3n) is 1.87. The summed E-state index contributed by atoms with van der Waals surface area (Å²) in [6.07, 6.45) is -4.47. The van der Waals surface area contributed by atoms with Crippen molar-refractivity contribution in [3.63, 3.8) is 0 Å². The molecule has 0 spiro atoms. The van der Waals surface area contributed by atoms with Gasteiger partial charge in [0.25, 0.3) is 0 Å². The molecule has 0 saturated carbocycles. The van der Waals surface area contributed by atoms with Crippen LogP contribution in [0.3, 0.4) is 0 Å². The second-order valence-corrected chi connectivity index (χ2v) is 2.97. The van der Waals surface area contributed by atoms with Crippen LogP contribution in [0.2, 0.25) is 0 Å². The number of Topliss-reactive ketones (excluding diaryl/α,β-unsaturated/α-hetero) is 1. The molecule has 0 saturated heterocycles. The Bertz CT molecular complexity index is 341. The van der Waals surface area contributed by atoms with E-state index in [9.17, 15) is 18.0 Å². The number of ketones is 1. The van der Waals surface area contributed by atoms with Gasteiger partial charge in [0.2, 0.25) is 0 Å². The lowest BCUT2D eigenvalue weighted by molar-refractivity contribution is -0.137. The number of rotatable bonds is 3. The van der Waals surface area contributed by atoms with Gasteiger partial charge in [-0.3, -0.25) is 4.79 Å². The van der Waals surface area contributed by atoms with Crippen LogP contribution < -0.4 is 0 Å². The van der Waals surface area contributed by atoms with E-state index in [0.717, 1.165) is 24.3 Å². The van der Waals surface area contributed by atoms with Gasteiger partial charge in [0.15, 0.2) is 5.78 Å². The van der Waals surface area contributed by atoms with Gasteiger partial charge in [-0.2, -0.15) is 13.2 Å². The number of benzene rings is 1. The van der Waals surface area contributed by atoms with Crippen molar-refractivity contribution in [3.8, 4) is 0 Å². The Morgan fingerprint density at radius 3 is 2.13 bits per heavy atom. The first-order valence-electron chi connectivity index (χ1n) is 4.26. The average Bonchev–Trinajstić information content (AvgIpc) is 2.17. The minimum absolute atomic E-state index is 0.0780. The Balaban J connectivity index is 2.86. The molecule has 0 unspecified atom stereocenters. The van der Waals surface area contributed by atoms with Gasteiger partial charge in [-0.1, -0.05) is 12.1 Å². The van der Waals surface area contributed by atoms with Crippen LogP contribution in [-0.4, -0.2) is 17.5 Å². The molecule has 0 heterocycles. The van der Waals surface area contributed by atoms with Crippen LogP contribution in [-0.2, 0) is 6.18 Å². The molecule has 2 nitrogen and oxygen atoms in total. The van der Waals surface area contributed by atoms with Crippen LogP contribution in [0.15, 0.2) is 24.3 Å². The third-order valence-corrected chi connectivity index (χ3v) is 1.87. The quantitative estimate of drug-likeness (QED) is 0.790. The van der Waals surface area contributed by atoms with Gasteiger partial charge in [0.1, 0.15) is 0 Å². The molecule has 15 heavy (non-hydrogen) atoms. The molecule has 0 aliphatic heterocycles. The largest absolute Gasteiger partial charge is 0.416 e. The van der Waals surface area contributed by atoms with Crippen molar-refractivity contribution in [1.82, 2.24) is 0 Å². The van der Waals surface area contributed by atoms with Gasteiger partial charge in [-0.05, 0) is 12.1 Å². The van der Waals surface area contributed by atoms with Crippen LogP contribution in [0.25, 0.3) is 0 Å². The molecule has 0 aliphatic carbocycles. The van der Waals surface area contributed by atoms with Crippen LogP contribution >= 0.6 is 0 Å². The fraction of sp³-hybridized carbons (Fsp3) is 0.300. The van der Waals surface area contributed by atoms with E-state index in [1.165, 1.54) is 0 Å².